The SMILES string of the molecule is Cc1ccc(S(=O)(=O)N(CC(=O)N(Cc2c(Cl)cccc2Cl)[C@H](Cc2ccccc2)C(=O)NC(C)C)c2cccc(Cl)c2Cl)cc1. The molecule has 0 bridgehead atoms. The number of rotatable bonds is 12. The van der Waals surface area contributed by atoms with Crippen LogP contribution < -0.4 is 9.62 Å². The van der Waals surface area contributed by atoms with Gasteiger partial charge < -0.3 is 10.2 Å². The molecule has 7 nitrogen and oxygen atoms in total. The number of amides is 2. The minimum Gasteiger partial charge on any atom is -0.352 e. The van der Waals surface area contributed by atoms with Gasteiger partial charge in [0.1, 0.15) is 12.6 Å². The zero-order valence-corrected chi connectivity index (χ0v) is 29.2. The first kappa shape index (κ1) is 35.6. The lowest BCUT2D eigenvalue weighted by Gasteiger charge is -2.34. The van der Waals surface area contributed by atoms with Crippen LogP contribution in [-0.4, -0.2) is 43.8 Å². The fourth-order valence-corrected chi connectivity index (χ4v) is 7.21. The number of halogens is 4. The van der Waals surface area contributed by atoms with Gasteiger partial charge in [0.2, 0.25) is 11.8 Å². The van der Waals surface area contributed by atoms with Crippen LogP contribution in [0, 0.1) is 6.92 Å². The van der Waals surface area contributed by atoms with Crippen molar-refractivity contribution >= 4 is 73.9 Å². The van der Waals surface area contributed by atoms with Gasteiger partial charge in [-0.15, -0.1) is 0 Å². The maximum Gasteiger partial charge on any atom is 0.264 e. The van der Waals surface area contributed by atoms with E-state index in [2.05, 4.69) is 5.32 Å². The van der Waals surface area contributed by atoms with E-state index in [-0.39, 0.29) is 49.7 Å². The smallest absolute Gasteiger partial charge is 0.264 e. The lowest BCUT2D eigenvalue weighted by molar-refractivity contribution is -0.140. The number of hydrogen-bond donors (Lipinski definition) is 1. The molecule has 0 fully saturated rings. The summed E-state index contributed by atoms with van der Waals surface area (Å²) in [5.41, 5.74) is 2.05. The van der Waals surface area contributed by atoms with Crippen molar-refractivity contribution in [2.75, 3.05) is 10.8 Å². The number of carbonyl (C=O) groups excluding carboxylic acids is 2. The molecule has 4 aromatic carbocycles. The van der Waals surface area contributed by atoms with Crippen molar-refractivity contribution < 1.29 is 18.0 Å². The predicted molar refractivity (Wildman–Crippen MR) is 186 cm³/mol. The monoisotopic (exact) mass is 719 g/mol. The van der Waals surface area contributed by atoms with E-state index in [1.807, 2.05) is 51.1 Å². The summed E-state index contributed by atoms with van der Waals surface area (Å²) in [5.74, 6) is -1.12. The van der Waals surface area contributed by atoms with E-state index in [0.29, 0.717) is 5.56 Å². The molecule has 0 aliphatic heterocycles. The van der Waals surface area contributed by atoms with E-state index in [9.17, 15) is 18.0 Å². The first-order chi connectivity index (χ1) is 21.8. The number of anilines is 1. The standard InChI is InChI=1S/C34H33Cl4N3O4S/c1-22(2)39-34(43)31(19-24-9-5-4-6-10-24)40(20-26-27(35)11-7-12-28(26)36)32(42)21-41(30-14-8-13-29(37)33(30)38)46(44,45)25-17-15-23(3)16-18-25/h4-18,22,31H,19-21H2,1-3H3,(H,39,43)/t31-/m1/s1. The van der Waals surface area contributed by atoms with E-state index in [1.54, 1.807) is 36.4 Å². The Labute approximate surface area is 290 Å². The highest BCUT2D eigenvalue weighted by Crippen LogP contribution is 2.36. The largest absolute Gasteiger partial charge is 0.352 e. The van der Waals surface area contributed by atoms with Crippen LogP contribution in [0.15, 0.2) is 95.9 Å². The lowest BCUT2D eigenvalue weighted by Crippen LogP contribution is -2.54. The van der Waals surface area contributed by atoms with Crippen LogP contribution in [0.3, 0.4) is 0 Å². The van der Waals surface area contributed by atoms with Crippen LogP contribution in [0.4, 0.5) is 5.69 Å². The normalized spacial score (nSPS) is 12.1. The number of sulfonamides is 1. The zero-order chi connectivity index (χ0) is 33.6. The van der Waals surface area contributed by atoms with Crippen LogP contribution in [0.25, 0.3) is 0 Å². The molecule has 242 valence electrons. The van der Waals surface area contributed by atoms with Crippen molar-refractivity contribution in [2.45, 2.75) is 50.7 Å². The second-order valence-corrected chi connectivity index (χ2v) is 14.5. The van der Waals surface area contributed by atoms with E-state index >= 15 is 0 Å². The van der Waals surface area contributed by atoms with Gasteiger partial charge in [0, 0.05) is 34.6 Å². The maximum atomic E-state index is 14.6. The number of nitrogens with one attached hydrogen (secondary N) is 1. The molecule has 0 aliphatic carbocycles. The minimum absolute atomic E-state index is 0.00468. The van der Waals surface area contributed by atoms with Gasteiger partial charge in [-0.05, 0) is 62.7 Å². The molecule has 12 heteroatoms. The molecule has 1 atom stereocenters. The fourth-order valence-electron chi connectivity index (χ4n) is 4.82. The topological polar surface area (TPSA) is 86.8 Å². The van der Waals surface area contributed by atoms with Crippen molar-refractivity contribution in [1.82, 2.24) is 10.2 Å². The van der Waals surface area contributed by atoms with Crippen molar-refractivity contribution in [1.29, 1.82) is 0 Å². The summed E-state index contributed by atoms with van der Waals surface area (Å²) in [6, 6.07) is 23.6. The molecule has 46 heavy (non-hydrogen) atoms. The Balaban J connectivity index is 1.87. The Morgan fingerprint density at radius 3 is 1.98 bits per heavy atom. The molecule has 0 heterocycles. The Morgan fingerprint density at radius 1 is 0.783 bits per heavy atom. The van der Waals surface area contributed by atoms with E-state index in [4.69, 9.17) is 46.4 Å². The zero-order valence-electron chi connectivity index (χ0n) is 25.4. The van der Waals surface area contributed by atoms with Crippen LogP contribution >= 0.6 is 46.4 Å². The van der Waals surface area contributed by atoms with Crippen LogP contribution in [0.2, 0.25) is 20.1 Å². The third-order valence-electron chi connectivity index (χ3n) is 7.18. The lowest BCUT2D eigenvalue weighted by atomic mass is 10.0. The summed E-state index contributed by atoms with van der Waals surface area (Å²) in [6.45, 7) is 4.57. The minimum atomic E-state index is -4.36. The number of nitrogens with zero attached hydrogens (tertiary/aromatic N) is 2. The summed E-state index contributed by atoms with van der Waals surface area (Å²) in [7, 11) is -4.36. The molecule has 2 amide bonds. The number of benzene rings is 4. The average molecular weight is 722 g/mol. The van der Waals surface area contributed by atoms with Crippen molar-refractivity contribution in [3.05, 3.63) is 128 Å². The molecule has 0 saturated heterocycles. The third kappa shape index (κ3) is 8.55. The van der Waals surface area contributed by atoms with Gasteiger partial charge in [-0.2, -0.15) is 0 Å². The van der Waals surface area contributed by atoms with Crippen LogP contribution in [0.5, 0.6) is 0 Å². The molecular weight excluding hydrogens is 688 g/mol. The number of hydrogen-bond acceptors (Lipinski definition) is 4. The second-order valence-electron chi connectivity index (χ2n) is 11.0. The van der Waals surface area contributed by atoms with Gasteiger partial charge in [0.25, 0.3) is 10.0 Å². The Hall–Kier alpha value is -3.27. The van der Waals surface area contributed by atoms with Gasteiger partial charge in [0.15, 0.2) is 0 Å². The van der Waals surface area contributed by atoms with Crippen molar-refractivity contribution in [2.24, 2.45) is 0 Å². The van der Waals surface area contributed by atoms with Crippen molar-refractivity contribution in [3.63, 3.8) is 0 Å². The summed E-state index contributed by atoms with van der Waals surface area (Å²) < 4.78 is 29.3. The Morgan fingerprint density at radius 2 is 1.37 bits per heavy atom. The number of aryl methyl sites for hydroxylation is 1. The highest BCUT2D eigenvalue weighted by atomic mass is 35.5. The first-order valence-corrected chi connectivity index (χ1v) is 17.3. The molecular formula is C34H33Cl4N3O4S. The van der Waals surface area contributed by atoms with Crippen LogP contribution in [-0.2, 0) is 32.6 Å². The average Bonchev–Trinajstić information content (AvgIpc) is 3.00. The highest BCUT2D eigenvalue weighted by molar-refractivity contribution is 7.92. The molecule has 4 rings (SSSR count). The molecule has 0 saturated carbocycles. The van der Waals surface area contributed by atoms with Gasteiger partial charge in [0.05, 0.1) is 20.6 Å². The van der Waals surface area contributed by atoms with E-state index in [0.717, 1.165) is 15.4 Å². The van der Waals surface area contributed by atoms with Crippen molar-refractivity contribution in [3.8, 4) is 0 Å². The van der Waals surface area contributed by atoms with E-state index in [1.165, 1.54) is 29.2 Å². The fraction of sp³-hybridized carbons (Fsp3) is 0.235. The summed E-state index contributed by atoms with van der Waals surface area (Å²) in [4.78, 5) is 29.7. The molecule has 0 aliphatic rings. The molecule has 1 N–H and O–H groups in total. The summed E-state index contributed by atoms with van der Waals surface area (Å²) in [5, 5.41) is 3.54. The van der Waals surface area contributed by atoms with E-state index < -0.39 is 34.4 Å². The molecule has 0 aromatic heterocycles. The van der Waals surface area contributed by atoms with Gasteiger partial charge in [-0.3, -0.25) is 13.9 Å². The maximum absolute atomic E-state index is 14.6. The molecule has 0 unspecified atom stereocenters. The van der Waals surface area contributed by atoms with Crippen LogP contribution in [0.1, 0.15) is 30.5 Å². The summed E-state index contributed by atoms with van der Waals surface area (Å²) >= 11 is 26.0. The molecule has 4 aromatic rings. The third-order valence-corrected chi connectivity index (χ3v) is 10.5. The predicted octanol–water partition coefficient (Wildman–Crippen LogP) is 7.97. The molecule has 0 spiro atoms. The second kappa shape index (κ2) is 15.5. The Kier molecular flexibility index (Phi) is 12.0. The van der Waals surface area contributed by atoms with Gasteiger partial charge in [-0.25, -0.2) is 8.42 Å². The van der Waals surface area contributed by atoms with Gasteiger partial charge >= 0.3 is 0 Å². The Bertz CT molecular complexity index is 1780. The number of carbonyl (C=O) groups is 2. The quantitative estimate of drug-likeness (QED) is 0.161. The van der Waals surface area contributed by atoms with Gasteiger partial charge in [-0.1, -0.05) is 107 Å². The summed E-state index contributed by atoms with van der Waals surface area (Å²) in [6.07, 6.45) is 0.135. The highest BCUT2D eigenvalue weighted by Gasteiger charge is 2.36. The molecule has 0 radical (unpaired) electrons. The first-order valence-electron chi connectivity index (χ1n) is 14.4.